The highest BCUT2D eigenvalue weighted by molar-refractivity contribution is 7.92. The van der Waals surface area contributed by atoms with E-state index in [1.54, 1.807) is 0 Å². The molecule has 0 aliphatic rings. The Bertz CT molecular complexity index is 977. The van der Waals surface area contributed by atoms with Crippen molar-refractivity contribution in [1.29, 1.82) is 0 Å². The highest BCUT2D eigenvalue weighted by Gasteiger charge is 2.19. The zero-order chi connectivity index (χ0) is 18.4. The van der Waals surface area contributed by atoms with Crippen LogP contribution in [0.25, 0.3) is 0 Å². The lowest BCUT2D eigenvalue weighted by Gasteiger charge is -2.09. The van der Waals surface area contributed by atoms with Gasteiger partial charge in [0.15, 0.2) is 4.90 Å². The topological polar surface area (TPSA) is 138 Å². The molecule has 1 aromatic heterocycles. The van der Waals surface area contributed by atoms with Crippen LogP contribution in [0, 0.1) is 0 Å². The molecule has 0 radical (unpaired) electrons. The molecule has 0 atom stereocenters. The Labute approximate surface area is 143 Å². The summed E-state index contributed by atoms with van der Waals surface area (Å²) in [6, 6.07) is 5.68. The molecular weight excluding hydrogens is 350 g/mol. The van der Waals surface area contributed by atoms with E-state index in [0.717, 1.165) is 19.0 Å². The van der Waals surface area contributed by atoms with Gasteiger partial charge in [-0.05, 0) is 24.6 Å². The van der Waals surface area contributed by atoms with Gasteiger partial charge in [0.05, 0.1) is 12.2 Å². The lowest BCUT2D eigenvalue weighted by atomic mass is 10.2. The van der Waals surface area contributed by atoms with Gasteiger partial charge in [-0.3, -0.25) is 14.5 Å². The molecule has 2 aromatic rings. The molecule has 0 spiro atoms. The van der Waals surface area contributed by atoms with Crippen LogP contribution in [0.5, 0.6) is 0 Å². The fraction of sp³-hybridized carbons (Fsp3) is 0.267. The van der Waals surface area contributed by atoms with Crippen molar-refractivity contribution in [2.45, 2.75) is 24.7 Å². The first-order valence-corrected chi connectivity index (χ1v) is 8.94. The number of sulfonamides is 1. The molecule has 2 rings (SSSR count). The average Bonchev–Trinajstić information content (AvgIpc) is 2.54. The van der Waals surface area contributed by atoms with Crippen LogP contribution in [0.4, 0.5) is 5.69 Å². The second-order valence-electron chi connectivity index (χ2n) is 5.11. The third-order valence-electron chi connectivity index (χ3n) is 3.16. The molecule has 0 unspecified atom stereocenters. The summed E-state index contributed by atoms with van der Waals surface area (Å²) in [5, 5.41) is 0. The Hall–Kier alpha value is -2.88. The first kappa shape index (κ1) is 18.5. The number of benzene rings is 1. The van der Waals surface area contributed by atoms with Gasteiger partial charge in [-0.25, -0.2) is 18.0 Å². The van der Waals surface area contributed by atoms with Crippen molar-refractivity contribution >= 4 is 21.7 Å². The highest BCUT2D eigenvalue weighted by Crippen LogP contribution is 2.15. The van der Waals surface area contributed by atoms with Gasteiger partial charge < -0.3 is 9.72 Å². The van der Waals surface area contributed by atoms with E-state index in [1.807, 2.05) is 11.9 Å². The number of aromatic amines is 2. The largest absolute Gasteiger partial charge is 0.462 e. The van der Waals surface area contributed by atoms with Crippen molar-refractivity contribution in [1.82, 2.24) is 9.97 Å². The quantitative estimate of drug-likeness (QED) is 0.489. The number of hydrogen-bond donors (Lipinski definition) is 3. The van der Waals surface area contributed by atoms with Gasteiger partial charge in [0, 0.05) is 11.9 Å². The van der Waals surface area contributed by atoms with Crippen molar-refractivity contribution in [3.05, 3.63) is 56.9 Å². The fourth-order valence-corrected chi connectivity index (χ4v) is 2.97. The predicted molar refractivity (Wildman–Crippen MR) is 90.1 cm³/mol. The minimum absolute atomic E-state index is 0.0792. The minimum Gasteiger partial charge on any atom is -0.462 e. The third-order valence-corrected chi connectivity index (χ3v) is 4.54. The van der Waals surface area contributed by atoms with Gasteiger partial charge in [-0.15, -0.1) is 0 Å². The molecule has 0 saturated heterocycles. The monoisotopic (exact) mass is 367 g/mol. The normalized spacial score (nSPS) is 11.1. The number of esters is 1. The van der Waals surface area contributed by atoms with E-state index in [4.69, 9.17) is 4.74 Å². The number of H-pyrrole nitrogens is 2. The molecule has 0 aliphatic heterocycles. The molecular formula is C15H17N3O6S. The Morgan fingerprint density at radius 3 is 2.72 bits per heavy atom. The standard InChI is InChI=1S/C15H17N3O6S/c1-2-3-7-24-14(20)10-5-4-6-11(8-10)18-25(22,23)12-9-16-15(21)17-13(12)19/h4-6,8-9,18H,2-3,7H2,1H3,(H2,16,17,19,21). The van der Waals surface area contributed by atoms with E-state index < -0.39 is 32.1 Å². The number of carbonyl (C=O) groups is 1. The van der Waals surface area contributed by atoms with Crippen LogP contribution in [0.1, 0.15) is 30.1 Å². The Kier molecular flexibility index (Phi) is 5.75. The lowest BCUT2D eigenvalue weighted by Crippen LogP contribution is -2.29. The maximum atomic E-state index is 12.3. The maximum Gasteiger partial charge on any atom is 0.338 e. The van der Waals surface area contributed by atoms with Crippen molar-refractivity contribution in [2.75, 3.05) is 11.3 Å². The van der Waals surface area contributed by atoms with Crippen LogP contribution in [-0.2, 0) is 14.8 Å². The number of anilines is 1. The lowest BCUT2D eigenvalue weighted by molar-refractivity contribution is 0.0500. The first-order chi connectivity index (χ1) is 11.8. The van der Waals surface area contributed by atoms with Crippen molar-refractivity contribution in [3.63, 3.8) is 0 Å². The number of ether oxygens (including phenoxy) is 1. The van der Waals surface area contributed by atoms with Gasteiger partial charge >= 0.3 is 11.7 Å². The summed E-state index contributed by atoms with van der Waals surface area (Å²) >= 11 is 0. The van der Waals surface area contributed by atoms with Gasteiger partial charge in [0.25, 0.3) is 15.6 Å². The molecule has 0 aliphatic carbocycles. The van der Waals surface area contributed by atoms with Gasteiger partial charge in [-0.2, -0.15) is 0 Å². The smallest absolute Gasteiger partial charge is 0.338 e. The number of rotatable bonds is 7. The van der Waals surface area contributed by atoms with E-state index in [9.17, 15) is 22.8 Å². The molecule has 1 heterocycles. The molecule has 3 N–H and O–H groups in total. The van der Waals surface area contributed by atoms with Gasteiger partial charge in [0.1, 0.15) is 0 Å². The van der Waals surface area contributed by atoms with Crippen LogP contribution in [0.2, 0.25) is 0 Å². The summed E-state index contributed by atoms with van der Waals surface area (Å²) in [5.41, 5.74) is -1.62. The van der Waals surface area contributed by atoms with Crippen LogP contribution in [-0.4, -0.2) is 31.0 Å². The molecule has 134 valence electrons. The van der Waals surface area contributed by atoms with Crippen molar-refractivity contribution < 1.29 is 17.9 Å². The average molecular weight is 367 g/mol. The molecule has 9 nitrogen and oxygen atoms in total. The molecule has 25 heavy (non-hydrogen) atoms. The molecule has 1 aromatic carbocycles. The van der Waals surface area contributed by atoms with Gasteiger partial charge in [0.2, 0.25) is 0 Å². The van der Waals surface area contributed by atoms with Crippen molar-refractivity contribution in [2.24, 2.45) is 0 Å². The Balaban J connectivity index is 2.22. The second kappa shape index (κ2) is 7.79. The van der Waals surface area contributed by atoms with E-state index in [1.165, 1.54) is 24.3 Å². The van der Waals surface area contributed by atoms with Crippen LogP contribution in [0.3, 0.4) is 0 Å². The summed E-state index contributed by atoms with van der Waals surface area (Å²) in [6.07, 6.45) is 2.40. The molecule has 0 fully saturated rings. The fourth-order valence-electron chi connectivity index (χ4n) is 1.91. The second-order valence-corrected chi connectivity index (χ2v) is 6.76. The minimum atomic E-state index is -4.24. The molecule has 0 bridgehead atoms. The Morgan fingerprint density at radius 1 is 1.28 bits per heavy atom. The van der Waals surface area contributed by atoms with E-state index in [0.29, 0.717) is 0 Å². The van der Waals surface area contributed by atoms with E-state index >= 15 is 0 Å². The van der Waals surface area contributed by atoms with Crippen molar-refractivity contribution in [3.8, 4) is 0 Å². The molecule has 10 heteroatoms. The predicted octanol–water partition coefficient (Wildman–Crippen LogP) is 0.821. The summed E-state index contributed by atoms with van der Waals surface area (Å²) < 4.78 is 31.8. The number of aromatic nitrogens is 2. The Morgan fingerprint density at radius 2 is 2.04 bits per heavy atom. The molecule has 0 amide bonds. The zero-order valence-corrected chi connectivity index (χ0v) is 14.2. The van der Waals surface area contributed by atoms with E-state index in [-0.39, 0.29) is 17.9 Å². The van der Waals surface area contributed by atoms with E-state index in [2.05, 4.69) is 9.71 Å². The maximum absolute atomic E-state index is 12.3. The third kappa shape index (κ3) is 4.80. The number of carbonyl (C=O) groups excluding carboxylic acids is 1. The summed E-state index contributed by atoms with van der Waals surface area (Å²) in [7, 11) is -4.24. The number of hydrogen-bond acceptors (Lipinski definition) is 6. The van der Waals surface area contributed by atoms with Crippen LogP contribution < -0.4 is 16.0 Å². The summed E-state index contributed by atoms with van der Waals surface area (Å²) in [6.45, 7) is 2.24. The first-order valence-electron chi connectivity index (χ1n) is 7.45. The van der Waals surface area contributed by atoms with Crippen LogP contribution in [0.15, 0.2) is 44.9 Å². The molecule has 0 saturated carbocycles. The summed E-state index contributed by atoms with van der Waals surface area (Å²) in [4.78, 5) is 37.8. The summed E-state index contributed by atoms with van der Waals surface area (Å²) in [5.74, 6) is -0.573. The SMILES string of the molecule is CCCCOC(=O)c1cccc(NS(=O)(=O)c2c[nH]c(=O)[nH]c2=O)c1. The van der Waals surface area contributed by atoms with Gasteiger partial charge in [-0.1, -0.05) is 19.4 Å². The number of unbranched alkanes of at least 4 members (excludes halogenated alkanes) is 1. The number of nitrogens with one attached hydrogen (secondary N) is 3. The highest BCUT2D eigenvalue weighted by atomic mass is 32.2. The van der Waals surface area contributed by atoms with Crippen LogP contribution >= 0.6 is 0 Å². The zero-order valence-electron chi connectivity index (χ0n) is 13.4.